The van der Waals surface area contributed by atoms with Crippen LogP contribution in [-0.2, 0) is 0 Å². The molecule has 14 heavy (non-hydrogen) atoms. The van der Waals surface area contributed by atoms with Gasteiger partial charge in [-0.3, -0.25) is 0 Å². The van der Waals surface area contributed by atoms with Crippen molar-refractivity contribution in [1.29, 1.82) is 0 Å². The molecule has 2 aliphatic rings. The Kier molecular flexibility index (Phi) is 2.44. The fraction of sp³-hybridized carbons (Fsp3) is 1.00. The lowest BCUT2D eigenvalue weighted by Crippen LogP contribution is -1.95. The van der Waals surface area contributed by atoms with Gasteiger partial charge in [0.2, 0.25) is 0 Å². The highest BCUT2D eigenvalue weighted by Gasteiger charge is 2.50. The van der Waals surface area contributed by atoms with E-state index in [4.69, 9.17) is 0 Å². The minimum absolute atomic E-state index is 0.700. The van der Waals surface area contributed by atoms with Crippen molar-refractivity contribution in [1.82, 2.24) is 0 Å². The number of hydrogen-bond acceptors (Lipinski definition) is 0. The largest absolute Gasteiger partial charge is 0.0625 e. The van der Waals surface area contributed by atoms with Crippen molar-refractivity contribution in [3.05, 3.63) is 0 Å². The molecule has 2 rings (SSSR count). The van der Waals surface area contributed by atoms with Crippen molar-refractivity contribution >= 4 is 0 Å². The molecule has 0 radical (unpaired) electrons. The van der Waals surface area contributed by atoms with Crippen molar-refractivity contribution < 1.29 is 0 Å². The van der Waals surface area contributed by atoms with Gasteiger partial charge in [-0.1, -0.05) is 34.6 Å². The summed E-state index contributed by atoms with van der Waals surface area (Å²) in [5.41, 5.74) is 0.700. The van der Waals surface area contributed by atoms with Crippen molar-refractivity contribution in [2.45, 2.75) is 53.9 Å². The minimum Gasteiger partial charge on any atom is -0.0625 e. The van der Waals surface area contributed by atoms with E-state index in [9.17, 15) is 0 Å². The third-order valence-corrected chi connectivity index (χ3v) is 4.97. The van der Waals surface area contributed by atoms with Crippen LogP contribution in [-0.4, -0.2) is 0 Å². The molecule has 82 valence electrons. The molecule has 0 aromatic carbocycles. The summed E-state index contributed by atoms with van der Waals surface area (Å²) in [5.74, 6) is 5.13. The lowest BCUT2D eigenvalue weighted by molar-refractivity contribution is 0.459. The van der Waals surface area contributed by atoms with E-state index in [0.717, 1.165) is 29.6 Å². The summed E-state index contributed by atoms with van der Waals surface area (Å²) in [6.45, 7) is 12.1. The van der Waals surface area contributed by atoms with Crippen LogP contribution in [0.15, 0.2) is 0 Å². The number of rotatable bonds is 4. The molecule has 2 aliphatic carbocycles. The molecule has 0 aromatic rings. The van der Waals surface area contributed by atoms with E-state index in [0.29, 0.717) is 5.41 Å². The molecule has 0 N–H and O–H groups in total. The predicted octanol–water partition coefficient (Wildman–Crippen LogP) is 4.35. The normalized spacial score (nSPS) is 44.1. The summed E-state index contributed by atoms with van der Waals surface area (Å²) in [6, 6.07) is 0. The molecule has 2 saturated carbocycles. The molecule has 0 heterocycles. The predicted molar refractivity (Wildman–Crippen MR) is 62.1 cm³/mol. The van der Waals surface area contributed by atoms with Gasteiger partial charge in [-0.15, -0.1) is 0 Å². The average Bonchev–Trinajstić information content (AvgIpc) is 2.85. The van der Waals surface area contributed by atoms with Crippen LogP contribution in [0.4, 0.5) is 0 Å². The standard InChI is InChI=1S/C14H26/c1-9(2)13-10(3)12(13)7-6-11-8-14(11,4)5/h9-13H,6-8H2,1-5H3. The van der Waals surface area contributed by atoms with Gasteiger partial charge in [-0.2, -0.15) is 0 Å². The third-order valence-electron chi connectivity index (χ3n) is 4.97. The van der Waals surface area contributed by atoms with Crippen molar-refractivity contribution in [3.8, 4) is 0 Å². The highest BCUT2D eigenvalue weighted by molar-refractivity contribution is 4.99. The van der Waals surface area contributed by atoms with Crippen LogP contribution in [0, 0.1) is 35.0 Å². The highest BCUT2D eigenvalue weighted by Crippen LogP contribution is 2.58. The van der Waals surface area contributed by atoms with Gasteiger partial charge in [0, 0.05) is 0 Å². The molecule has 0 amide bonds. The second-order valence-corrected chi connectivity index (χ2v) is 6.81. The van der Waals surface area contributed by atoms with E-state index in [2.05, 4.69) is 34.6 Å². The topological polar surface area (TPSA) is 0 Å². The molecular weight excluding hydrogens is 168 g/mol. The van der Waals surface area contributed by atoms with Crippen LogP contribution < -0.4 is 0 Å². The fourth-order valence-electron chi connectivity index (χ4n) is 3.60. The van der Waals surface area contributed by atoms with Gasteiger partial charge in [0.05, 0.1) is 0 Å². The lowest BCUT2D eigenvalue weighted by Gasteiger charge is -2.04. The summed E-state index contributed by atoms with van der Waals surface area (Å²) in [7, 11) is 0. The monoisotopic (exact) mass is 194 g/mol. The first-order valence-corrected chi connectivity index (χ1v) is 6.43. The van der Waals surface area contributed by atoms with Gasteiger partial charge in [-0.25, -0.2) is 0 Å². The van der Waals surface area contributed by atoms with E-state index < -0.39 is 0 Å². The van der Waals surface area contributed by atoms with Gasteiger partial charge in [0.25, 0.3) is 0 Å². The Bertz CT molecular complexity index is 214. The lowest BCUT2D eigenvalue weighted by atomic mass is 10.0. The van der Waals surface area contributed by atoms with Crippen molar-refractivity contribution in [3.63, 3.8) is 0 Å². The first-order chi connectivity index (χ1) is 6.43. The summed E-state index contributed by atoms with van der Waals surface area (Å²) in [5, 5.41) is 0. The Hall–Kier alpha value is 0. The zero-order chi connectivity index (χ0) is 10.5. The molecule has 4 unspecified atom stereocenters. The summed E-state index contributed by atoms with van der Waals surface area (Å²) in [4.78, 5) is 0. The van der Waals surface area contributed by atoms with Gasteiger partial charge in [-0.05, 0) is 54.3 Å². The molecule has 2 fully saturated rings. The fourth-order valence-corrected chi connectivity index (χ4v) is 3.60. The first-order valence-electron chi connectivity index (χ1n) is 6.43. The van der Waals surface area contributed by atoms with Crippen LogP contribution in [0.5, 0.6) is 0 Å². The second kappa shape index (κ2) is 3.25. The zero-order valence-electron chi connectivity index (χ0n) is 10.5. The Morgan fingerprint density at radius 3 is 2.14 bits per heavy atom. The molecule has 0 nitrogen and oxygen atoms in total. The summed E-state index contributed by atoms with van der Waals surface area (Å²) in [6.07, 6.45) is 4.50. The quantitative estimate of drug-likeness (QED) is 0.624. The molecule has 0 aromatic heterocycles. The second-order valence-electron chi connectivity index (χ2n) is 6.81. The van der Waals surface area contributed by atoms with Crippen LogP contribution >= 0.6 is 0 Å². The Labute approximate surface area is 89.5 Å². The van der Waals surface area contributed by atoms with Crippen LogP contribution in [0.3, 0.4) is 0 Å². The van der Waals surface area contributed by atoms with Crippen molar-refractivity contribution in [2.75, 3.05) is 0 Å². The first kappa shape index (κ1) is 10.5. The van der Waals surface area contributed by atoms with E-state index in [-0.39, 0.29) is 0 Å². The highest BCUT2D eigenvalue weighted by atomic mass is 14.6. The molecule has 0 heteroatoms. The summed E-state index contributed by atoms with van der Waals surface area (Å²) >= 11 is 0. The Morgan fingerprint density at radius 1 is 1.21 bits per heavy atom. The SMILES string of the molecule is CC(C)C1C(C)C1CCC1CC1(C)C. The summed E-state index contributed by atoms with van der Waals surface area (Å²) < 4.78 is 0. The van der Waals surface area contributed by atoms with Crippen LogP contribution in [0.2, 0.25) is 0 Å². The van der Waals surface area contributed by atoms with E-state index in [1.165, 1.54) is 19.3 Å². The van der Waals surface area contributed by atoms with Crippen molar-refractivity contribution in [2.24, 2.45) is 35.0 Å². The zero-order valence-corrected chi connectivity index (χ0v) is 10.5. The average molecular weight is 194 g/mol. The van der Waals surface area contributed by atoms with Gasteiger partial charge < -0.3 is 0 Å². The van der Waals surface area contributed by atoms with E-state index in [1.807, 2.05) is 0 Å². The maximum absolute atomic E-state index is 2.45. The van der Waals surface area contributed by atoms with E-state index >= 15 is 0 Å². The van der Waals surface area contributed by atoms with Gasteiger partial charge >= 0.3 is 0 Å². The minimum atomic E-state index is 0.700. The van der Waals surface area contributed by atoms with Crippen LogP contribution in [0.1, 0.15) is 53.9 Å². The maximum Gasteiger partial charge on any atom is -0.0323 e. The molecule has 0 bridgehead atoms. The Balaban J connectivity index is 1.69. The molecule has 0 saturated heterocycles. The van der Waals surface area contributed by atoms with E-state index in [1.54, 1.807) is 0 Å². The molecular formula is C14H26. The Morgan fingerprint density at radius 2 is 1.79 bits per heavy atom. The maximum atomic E-state index is 2.45. The smallest absolute Gasteiger partial charge is 0.0323 e. The van der Waals surface area contributed by atoms with Gasteiger partial charge in [0.15, 0.2) is 0 Å². The van der Waals surface area contributed by atoms with Crippen LogP contribution in [0.25, 0.3) is 0 Å². The molecule has 4 atom stereocenters. The molecule has 0 aliphatic heterocycles. The number of hydrogen-bond donors (Lipinski definition) is 0. The van der Waals surface area contributed by atoms with Gasteiger partial charge in [0.1, 0.15) is 0 Å². The third kappa shape index (κ3) is 1.85. The molecule has 0 spiro atoms.